The topological polar surface area (TPSA) is 47.3 Å². The molecule has 2 aromatic carbocycles. The number of fused-ring (bicyclic) bond motifs is 1. The first-order valence-electron chi connectivity index (χ1n) is 8.89. The smallest absolute Gasteiger partial charge is 0.267 e. The predicted octanol–water partition coefficient (Wildman–Crippen LogP) is 4.03. The van der Waals surface area contributed by atoms with Crippen molar-refractivity contribution in [3.05, 3.63) is 106 Å². The number of aromatic nitrogens is 3. The minimum atomic E-state index is -0.0580. The van der Waals surface area contributed by atoms with Crippen LogP contribution in [0.15, 0.2) is 90.0 Å². The minimum Gasteiger partial charge on any atom is -0.267 e. The molecule has 5 heteroatoms. The quantitative estimate of drug-likeness (QED) is 0.474. The lowest BCUT2D eigenvalue weighted by Gasteiger charge is -2.04. The van der Waals surface area contributed by atoms with E-state index >= 15 is 0 Å². The average Bonchev–Trinajstić information content (AvgIpc) is 3.27. The number of rotatable bonds is 3. The van der Waals surface area contributed by atoms with Gasteiger partial charge in [0.05, 0.1) is 15.9 Å². The third-order valence-electron chi connectivity index (χ3n) is 4.54. The van der Waals surface area contributed by atoms with Crippen LogP contribution in [0.2, 0.25) is 0 Å². The van der Waals surface area contributed by atoms with Gasteiger partial charge in [-0.25, -0.2) is 9.38 Å². The van der Waals surface area contributed by atoms with Crippen LogP contribution < -0.4 is 10.1 Å². The van der Waals surface area contributed by atoms with Gasteiger partial charge in [0.1, 0.15) is 0 Å². The molecule has 0 radical (unpaired) electrons. The van der Waals surface area contributed by atoms with Crippen molar-refractivity contribution in [2.24, 2.45) is 0 Å². The summed E-state index contributed by atoms with van der Waals surface area (Å²) in [6, 6.07) is 23.7. The maximum absolute atomic E-state index is 13.3. The Morgan fingerprint density at radius 2 is 1.57 bits per heavy atom. The molecule has 0 atom stereocenters. The fourth-order valence-electron chi connectivity index (χ4n) is 3.27. The van der Waals surface area contributed by atoms with E-state index in [0.717, 1.165) is 28.1 Å². The van der Waals surface area contributed by atoms with E-state index in [2.05, 4.69) is 4.98 Å². The molecule has 0 amide bonds. The predicted molar refractivity (Wildman–Crippen MR) is 113 cm³/mol. The molecule has 0 N–H and O–H groups in total. The van der Waals surface area contributed by atoms with Crippen LogP contribution in [0, 0.1) is 0 Å². The van der Waals surface area contributed by atoms with Gasteiger partial charge in [-0.2, -0.15) is 0 Å². The van der Waals surface area contributed by atoms with E-state index in [1.807, 2.05) is 78.9 Å². The van der Waals surface area contributed by atoms with Crippen molar-refractivity contribution < 1.29 is 0 Å². The Bertz CT molecular complexity index is 1360. The highest BCUT2D eigenvalue weighted by Gasteiger charge is 2.19. The summed E-state index contributed by atoms with van der Waals surface area (Å²) in [6.45, 7) is 0. The maximum Gasteiger partial charge on any atom is 0.274 e. The van der Waals surface area contributed by atoms with E-state index < -0.39 is 0 Å². The van der Waals surface area contributed by atoms with Gasteiger partial charge in [-0.15, -0.1) is 0 Å². The number of imidazole rings is 1. The summed E-state index contributed by atoms with van der Waals surface area (Å²) in [5, 5.41) is 0. The van der Waals surface area contributed by atoms with Crippen LogP contribution in [0.5, 0.6) is 0 Å². The molecule has 3 heterocycles. The Balaban J connectivity index is 1.82. The van der Waals surface area contributed by atoms with Crippen LogP contribution >= 0.6 is 11.3 Å². The molecule has 28 heavy (non-hydrogen) atoms. The number of nitrogens with zero attached hydrogens (tertiary/aromatic N) is 3. The van der Waals surface area contributed by atoms with E-state index in [1.54, 1.807) is 16.8 Å². The van der Waals surface area contributed by atoms with Crippen LogP contribution in [-0.4, -0.2) is 14.4 Å². The van der Waals surface area contributed by atoms with Crippen molar-refractivity contribution in [1.29, 1.82) is 0 Å². The van der Waals surface area contributed by atoms with Crippen LogP contribution in [0.25, 0.3) is 33.6 Å². The zero-order chi connectivity index (χ0) is 18.9. The molecule has 0 aliphatic carbocycles. The number of thiazole rings is 1. The molecular weight excluding hydrogens is 366 g/mol. The molecule has 3 aromatic heterocycles. The molecule has 0 saturated carbocycles. The molecule has 0 aliphatic rings. The lowest BCUT2D eigenvalue weighted by Crippen LogP contribution is -2.23. The Hall–Kier alpha value is -3.57. The summed E-state index contributed by atoms with van der Waals surface area (Å²) in [5.41, 5.74) is 4.45. The summed E-state index contributed by atoms with van der Waals surface area (Å²) < 4.78 is 2.37. The molecule has 5 rings (SSSR count). The first kappa shape index (κ1) is 16.6. The van der Waals surface area contributed by atoms with Crippen LogP contribution in [0.3, 0.4) is 0 Å². The highest BCUT2D eigenvalue weighted by atomic mass is 32.1. The van der Waals surface area contributed by atoms with E-state index in [1.165, 1.54) is 11.3 Å². The number of hydrogen-bond acceptors (Lipinski definition) is 4. The zero-order valence-electron chi connectivity index (χ0n) is 14.8. The molecule has 0 bridgehead atoms. The van der Waals surface area contributed by atoms with Gasteiger partial charge >= 0.3 is 0 Å². The lowest BCUT2D eigenvalue weighted by atomic mass is 10.1. The number of pyridine rings is 1. The Labute approximate surface area is 165 Å². The van der Waals surface area contributed by atoms with Crippen molar-refractivity contribution in [2.45, 2.75) is 0 Å². The fourth-order valence-corrected chi connectivity index (χ4v) is 4.24. The van der Waals surface area contributed by atoms with E-state index in [9.17, 15) is 4.79 Å². The second-order valence-electron chi connectivity index (χ2n) is 6.36. The molecule has 5 aromatic rings. The average molecular weight is 381 g/mol. The summed E-state index contributed by atoms with van der Waals surface area (Å²) in [6.07, 6.45) is 5.33. The second-order valence-corrected chi connectivity index (χ2v) is 7.37. The zero-order valence-corrected chi connectivity index (χ0v) is 15.6. The van der Waals surface area contributed by atoms with Gasteiger partial charge in [-0.1, -0.05) is 78.1 Å². The van der Waals surface area contributed by atoms with E-state index in [4.69, 9.17) is 4.98 Å². The first-order chi connectivity index (χ1) is 13.8. The van der Waals surface area contributed by atoms with Gasteiger partial charge in [-0.05, 0) is 17.7 Å². The molecule has 0 fully saturated rings. The summed E-state index contributed by atoms with van der Waals surface area (Å²) in [4.78, 5) is 22.9. The Morgan fingerprint density at radius 1 is 0.857 bits per heavy atom. The standard InChI is InChI=1S/C23H15N3OS/c27-22-19(14-16-8-7-13-24-15-16)28-23-25-20(17-9-3-1-4-10-17)21(26(22)23)18-11-5-2-6-12-18/h1-15H. The summed E-state index contributed by atoms with van der Waals surface area (Å²) in [7, 11) is 0. The van der Waals surface area contributed by atoms with Crippen molar-refractivity contribution in [3.8, 4) is 22.5 Å². The molecule has 134 valence electrons. The van der Waals surface area contributed by atoms with Crippen molar-refractivity contribution >= 4 is 22.4 Å². The molecular formula is C23H15N3OS. The molecule has 0 aliphatic heterocycles. The minimum absolute atomic E-state index is 0.0580. The van der Waals surface area contributed by atoms with E-state index in [-0.39, 0.29) is 5.56 Å². The fraction of sp³-hybridized carbons (Fsp3) is 0. The number of hydrogen-bond donors (Lipinski definition) is 0. The molecule has 0 saturated heterocycles. The monoisotopic (exact) mass is 381 g/mol. The van der Waals surface area contributed by atoms with Crippen molar-refractivity contribution in [1.82, 2.24) is 14.4 Å². The highest BCUT2D eigenvalue weighted by Crippen LogP contribution is 2.32. The summed E-state index contributed by atoms with van der Waals surface area (Å²) >= 11 is 1.40. The van der Waals surface area contributed by atoms with Gasteiger partial charge in [0.15, 0.2) is 4.96 Å². The first-order valence-corrected chi connectivity index (χ1v) is 9.71. The normalized spacial score (nSPS) is 11.9. The van der Waals surface area contributed by atoms with E-state index in [0.29, 0.717) is 9.49 Å². The van der Waals surface area contributed by atoms with Crippen molar-refractivity contribution in [2.75, 3.05) is 0 Å². The van der Waals surface area contributed by atoms with Gasteiger partial charge in [0.2, 0.25) is 0 Å². The van der Waals surface area contributed by atoms with Gasteiger partial charge < -0.3 is 0 Å². The van der Waals surface area contributed by atoms with Crippen molar-refractivity contribution in [3.63, 3.8) is 0 Å². The second kappa shape index (κ2) is 6.87. The molecule has 4 nitrogen and oxygen atoms in total. The Kier molecular flexibility index (Phi) is 4.07. The lowest BCUT2D eigenvalue weighted by molar-refractivity contribution is 1.15. The Morgan fingerprint density at radius 3 is 2.25 bits per heavy atom. The van der Waals surface area contributed by atoms with Gasteiger partial charge in [0.25, 0.3) is 5.56 Å². The summed E-state index contributed by atoms with van der Waals surface area (Å²) in [5.74, 6) is 0. The highest BCUT2D eigenvalue weighted by molar-refractivity contribution is 7.15. The van der Waals surface area contributed by atoms with Gasteiger partial charge in [0, 0.05) is 23.5 Å². The largest absolute Gasteiger partial charge is 0.274 e. The van der Waals surface area contributed by atoms with Crippen LogP contribution in [-0.2, 0) is 0 Å². The van der Waals surface area contributed by atoms with Crippen LogP contribution in [0.1, 0.15) is 5.56 Å². The van der Waals surface area contributed by atoms with Gasteiger partial charge in [-0.3, -0.25) is 9.78 Å². The third-order valence-corrected chi connectivity index (χ3v) is 5.51. The molecule has 0 spiro atoms. The molecule has 0 unspecified atom stereocenters. The third kappa shape index (κ3) is 2.82. The number of benzene rings is 2. The maximum atomic E-state index is 13.3. The van der Waals surface area contributed by atoms with Crippen LogP contribution in [0.4, 0.5) is 0 Å². The SMILES string of the molecule is O=c1c(=Cc2cccnc2)sc2nc(-c3ccccc3)c(-c3ccccc3)n12.